The molecule has 0 aliphatic carbocycles. The number of ether oxygens (including phenoxy) is 1. The maximum Gasteiger partial charge on any atom is 0.413 e. The number of rotatable bonds is 4. The molecule has 3 aromatic rings. The van der Waals surface area contributed by atoms with Crippen molar-refractivity contribution in [2.45, 2.75) is 27.2 Å². The average molecular weight is 458 g/mol. The largest absolute Gasteiger partial charge is 0.450 e. The number of aryl methyl sites for hydroxylation is 2. The van der Waals surface area contributed by atoms with Crippen molar-refractivity contribution in [3.05, 3.63) is 51.2 Å². The lowest BCUT2D eigenvalue weighted by Gasteiger charge is -2.25. The summed E-state index contributed by atoms with van der Waals surface area (Å²) in [5.41, 5.74) is 4.18. The van der Waals surface area contributed by atoms with Crippen LogP contribution in [0.1, 0.15) is 33.4 Å². The van der Waals surface area contributed by atoms with Crippen LogP contribution in [0.15, 0.2) is 24.5 Å². The molecule has 0 saturated heterocycles. The highest BCUT2D eigenvalue weighted by Crippen LogP contribution is 2.34. The molecule has 31 heavy (non-hydrogen) atoms. The number of amides is 2. The van der Waals surface area contributed by atoms with Crippen LogP contribution >= 0.6 is 22.9 Å². The van der Waals surface area contributed by atoms with Crippen LogP contribution in [0.2, 0.25) is 5.02 Å². The van der Waals surface area contributed by atoms with Gasteiger partial charge in [0.1, 0.15) is 10.7 Å². The lowest BCUT2D eigenvalue weighted by Crippen LogP contribution is -2.37. The lowest BCUT2D eigenvalue weighted by molar-refractivity contribution is 0.0983. The highest BCUT2D eigenvalue weighted by molar-refractivity contribution is 7.17. The number of fused-ring (bicyclic) bond motifs is 1. The molecule has 8 nitrogen and oxygen atoms in total. The van der Waals surface area contributed by atoms with Gasteiger partial charge >= 0.3 is 6.09 Å². The Morgan fingerprint density at radius 1 is 1.29 bits per heavy atom. The first-order valence-corrected chi connectivity index (χ1v) is 10.9. The van der Waals surface area contributed by atoms with Crippen molar-refractivity contribution >= 4 is 45.9 Å². The number of nitrogens with one attached hydrogen (secondary N) is 1. The van der Waals surface area contributed by atoms with Crippen molar-refractivity contribution in [3.63, 3.8) is 0 Å². The zero-order chi connectivity index (χ0) is 22.1. The summed E-state index contributed by atoms with van der Waals surface area (Å²) in [5, 5.41) is 3.36. The molecule has 1 N–H and O–H groups in total. The zero-order valence-electron chi connectivity index (χ0n) is 17.2. The Labute approximate surface area is 188 Å². The molecule has 1 aliphatic rings. The van der Waals surface area contributed by atoms with Gasteiger partial charge in [-0.3, -0.25) is 20.0 Å². The van der Waals surface area contributed by atoms with Crippen LogP contribution in [-0.4, -0.2) is 40.1 Å². The predicted molar refractivity (Wildman–Crippen MR) is 120 cm³/mol. The molecule has 10 heteroatoms. The first kappa shape index (κ1) is 21.2. The van der Waals surface area contributed by atoms with E-state index in [0.29, 0.717) is 39.5 Å². The van der Waals surface area contributed by atoms with E-state index in [9.17, 15) is 9.59 Å². The van der Waals surface area contributed by atoms with E-state index < -0.39 is 6.09 Å². The van der Waals surface area contributed by atoms with E-state index in [0.717, 1.165) is 33.7 Å². The SMILES string of the molecule is CCOC(=O)Nc1nc2c(s1)C(=O)N(c1cc(-c3ncc(C)cc3C)c(Cl)cn1)CC2. The standard InChI is InChI=1S/C21H20ClN5O3S/c1-4-30-21(29)26-20-25-15-5-6-27(19(28)18(15)31-20)16-8-13(14(22)10-23-16)17-12(3)7-11(2)9-24-17/h7-10H,4-6H2,1-3H3,(H,25,26,29). The van der Waals surface area contributed by atoms with Crippen LogP contribution in [0.4, 0.5) is 15.7 Å². The third-order valence-electron chi connectivity index (χ3n) is 4.78. The van der Waals surface area contributed by atoms with E-state index in [1.54, 1.807) is 24.1 Å². The first-order chi connectivity index (χ1) is 14.9. The molecule has 0 unspecified atom stereocenters. The predicted octanol–water partition coefficient (Wildman–Crippen LogP) is 4.64. The number of pyridine rings is 2. The maximum absolute atomic E-state index is 13.2. The van der Waals surface area contributed by atoms with Gasteiger partial charge in [0.05, 0.1) is 23.0 Å². The summed E-state index contributed by atoms with van der Waals surface area (Å²) in [4.78, 5) is 40.1. The first-order valence-electron chi connectivity index (χ1n) is 9.72. The number of carbonyl (C=O) groups is 2. The Morgan fingerprint density at radius 2 is 2.10 bits per heavy atom. The Morgan fingerprint density at radius 3 is 2.84 bits per heavy atom. The molecule has 0 bridgehead atoms. The monoisotopic (exact) mass is 457 g/mol. The number of hydrogen-bond acceptors (Lipinski definition) is 7. The van der Waals surface area contributed by atoms with E-state index in [1.165, 1.54) is 6.20 Å². The molecular formula is C21H20ClN5O3S. The van der Waals surface area contributed by atoms with Gasteiger partial charge in [-0.1, -0.05) is 29.0 Å². The van der Waals surface area contributed by atoms with Crippen LogP contribution < -0.4 is 10.2 Å². The summed E-state index contributed by atoms with van der Waals surface area (Å²) in [5.74, 6) is 0.273. The van der Waals surface area contributed by atoms with Crippen molar-refractivity contribution in [2.24, 2.45) is 0 Å². The second kappa shape index (κ2) is 8.60. The fraction of sp³-hybridized carbons (Fsp3) is 0.286. The van der Waals surface area contributed by atoms with Crippen LogP contribution in [0.3, 0.4) is 0 Å². The summed E-state index contributed by atoms with van der Waals surface area (Å²) in [6, 6.07) is 3.82. The third-order valence-corrected chi connectivity index (χ3v) is 6.08. The third kappa shape index (κ3) is 4.24. The number of anilines is 2. The van der Waals surface area contributed by atoms with Gasteiger partial charge in [-0.25, -0.2) is 14.8 Å². The Kier molecular flexibility index (Phi) is 5.88. The van der Waals surface area contributed by atoms with Gasteiger partial charge in [0.2, 0.25) is 0 Å². The van der Waals surface area contributed by atoms with Crippen LogP contribution in [-0.2, 0) is 11.2 Å². The van der Waals surface area contributed by atoms with Gasteiger partial charge in [-0.2, -0.15) is 0 Å². The Hall–Kier alpha value is -3.04. The maximum atomic E-state index is 13.2. The molecule has 160 valence electrons. The molecule has 0 radical (unpaired) electrons. The fourth-order valence-corrected chi connectivity index (χ4v) is 4.55. The highest BCUT2D eigenvalue weighted by atomic mass is 35.5. The van der Waals surface area contributed by atoms with Crippen molar-refractivity contribution in [1.82, 2.24) is 15.0 Å². The van der Waals surface area contributed by atoms with Crippen molar-refractivity contribution in [2.75, 3.05) is 23.4 Å². The average Bonchev–Trinajstić information content (AvgIpc) is 3.13. The highest BCUT2D eigenvalue weighted by Gasteiger charge is 2.31. The zero-order valence-corrected chi connectivity index (χ0v) is 18.8. The summed E-state index contributed by atoms with van der Waals surface area (Å²) < 4.78 is 4.87. The van der Waals surface area contributed by atoms with Gasteiger partial charge in [0.15, 0.2) is 5.13 Å². The summed E-state index contributed by atoms with van der Waals surface area (Å²) in [7, 11) is 0. The Bertz CT molecular complexity index is 1180. The van der Waals surface area contributed by atoms with Crippen molar-refractivity contribution in [1.29, 1.82) is 0 Å². The molecule has 0 atom stereocenters. The molecule has 0 aromatic carbocycles. The molecule has 0 fully saturated rings. The van der Waals surface area contributed by atoms with Gasteiger partial charge in [-0.05, 0) is 38.0 Å². The number of thiazole rings is 1. The Balaban J connectivity index is 1.64. The van der Waals surface area contributed by atoms with E-state index in [4.69, 9.17) is 16.3 Å². The van der Waals surface area contributed by atoms with Crippen molar-refractivity contribution in [3.8, 4) is 11.3 Å². The van der Waals surface area contributed by atoms with Crippen LogP contribution in [0.5, 0.6) is 0 Å². The molecule has 0 saturated carbocycles. The van der Waals surface area contributed by atoms with E-state index >= 15 is 0 Å². The second-order valence-electron chi connectivity index (χ2n) is 7.05. The number of aromatic nitrogens is 3. The number of nitrogens with zero attached hydrogens (tertiary/aromatic N) is 4. The van der Waals surface area contributed by atoms with Gasteiger partial charge in [0.25, 0.3) is 5.91 Å². The van der Waals surface area contributed by atoms with Crippen molar-refractivity contribution < 1.29 is 14.3 Å². The molecular weight excluding hydrogens is 438 g/mol. The number of carbonyl (C=O) groups excluding carboxylic acids is 2. The summed E-state index contributed by atoms with van der Waals surface area (Å²) in [6.07, 6.45) is 3.27. The molecule has 2 amide bonds. The molecule has 4 rings (SSSR count). The summed E-state index contributed by atoms with van der Waals surface area (Å²) in [6.45, 7) is 6.34. The van der Waals surface area contributed by atoms with Gasteiger partial charge < -0.3 is 4.74 Å². The molecule has 4 heterocycles. The minimum Gasteiger partial charge on any atom is -0.450 e. The topological polar surface area (TPSA) is 97.3 Å². The molecule has 1 aliphatic heterocycles. The van der Waals surface area contributed by atoms with E-state index in [1.807, 2.05) is 19.9 Å². The minimum absolute atomic E-state index is 0.218. The normalized spacial score (nSPS) is 13.2. The minimum atomic E-state index is -0.595. The molecule has 0 spiro atoms. The lowest BCUT2D eigenvalue weighted by atomic mass is 10.1. The smallest absolute Gasteiger partial charge is 0.413 e. The molecule has 3 aromatic heterocycles. The number of halogens is 1. The van der Waals surface area contributed by atoms with E-state index in [2.05, 4.69) is 20.3 Å². The number of hydrogen-bond donors (Lipinski definition) is 1. The van der Waals surface area contributed by atoms with Gasteiger partial charge in [-0.15, -0.1) is 0 Å². The second-order valence-corrected chi connectivity index (χ2v) is 8.45. The van der Waals surface area contributed by atoms with Crippen LogP contribution in [0.25, 0.3) is 11.3 Å². The van der Waals surface area contributed by atoms with E-state index in [-0.39, 0.29) is 12.5 Å². The summed E-state index contributed by atoms with van der Waals surface area (Å²) >= 11 is 7.53. The van der Waals surface area contributed by atoms with Gasteiger partial charge in [0, 0.05) is 30.9 Å². The quantitative estimate of drug-likeness (QED) is 0.612. The van der Waals surface area contributed by atoms with Crippen LogP contribution in [0, 0.1) is 13.8 Å². The fourth-order valence-electron chi connectivity index (χ4n) is 3.41.